The molecular formula is C23H32FN5O3. The number of amides is 1. The molecule has 0 unspecified atom stereocenters. The van der Waals surface area contributed by atoms with Crippen molar-refractivity contribution in [2.24, 2.45) is 4.99 Å². The predicted molar refractivity (Wildman–Crippen MR) is 122 cm³/mol. The first-order chi connectivity index (χ1) is 15.0. The van der Waals surface area contributed by atoms with Gasteiger partial charge >= 0.3 is 6.09 Å². The van der Waals surface area contributed by atoms with Crippen LogP contribution in [0.5, 0.6) is 11.6 Å². The van der Waals surface area contributed by atoms with Crippen LogP contribution in [0.15, 0.2) is 47.6 Å². The van der Waals surface area contributed by atoms with Crippen LogP contribution in [0.4, 0.5) is 9.18 Å². The Hall–Kier alpha value is -3.36. The second-order valence-electron chi connectivity index (χ2n) is 8.85. The SMILES string of the molecule is CN=C(NCc1ccc(Oc2ccc(F)cc2)nc1)NCC(C)(C)NC(=O)OC(C)(C)C. The summed E-state index contributed by atoms with van der Waals surface area (Å²) < 4.78 is 23.9. The van der Waals surface area contributed by atoms with E-state index in [0.29, 0.717) is 30.7 Å². The number of carbonyl (C=O) groups is 1. The van der Waals surface area contributed by atoms with Crippen molar-refractivity contribution in [3.8, 4) is 11.6 Å². The van der Waals surface area contributed by atoms with Gasteiger partial charge in [-0.1, -0.05) is 6.07 Å². The van der Waals surface area contributed by atoms with E-state index in [4.69, 9.17) is 9.47 Å². The van der Waals surface area contributed by atoms with E-state index >= 15 is 0 Å². The van der Waals surface area contributed by atoms with Gasteiger partial charge < -0.3 is 25.4 Å². The van der Waals surface area contributed by atoms with E-state index in [1.807, 2.05) is 40.7 Å². The number of ether oxygens (including phenoxy) is 2. The van der Waals surface area contributed by atoms with Crippen LogP contribution >= 0.6 is 0 Å². The first kappa shape index (κ1) is 24.9. The monoisotopic (exact) mass is 445 g/mol. The lowest BCUT2D eigenvalue weighted by molar-refractivity contribution is 0.0474. The highest BCUT2D eigenvalue weighted by molar-refractivity contribution is 5.79. The zero-order chi connectivity index (χ0) is 23.8. The van der Waals surface area contributed by atoms with Gasteiger partial charge in [0.1, 0.15) is 17.2 Å². The van der Waals surface area contributed by atoms with Crippen LogP contribution in [0, 0.1) is 5.82 Å². The average molecular weight is 446 g/mol. The molecule has 0 aliphatic rings. The number of pyridine rings is 1. The van der Waals surface area contributed by atoms with Crippen molar-refractivity contribution in [1.29, 1.82) is 0 Å². The maximum absolute atomic E-state index is 13.0. The molecule has 1 amide bonds. The summed E-state index contributed by atoms with van der Waals surface area (Å²) in [6, 6.07) is 9.36. The highest BCUT2D eigenvalue weighted by Crippen LogP contribution is 2.19. The third kappa shape index (κ3) is 9.20. The number of aromatic nitrogens is 1. The van der Waals surface area contributed by atoms with Gasteiger partial charge in [0, 0.05) is 32.4 Å². The third-order valence-corrected chi connectivity index (χ3v) is 4.05. The summed E-state index contributed by atoms with van der Waals surface area (Å²) >= 11 is 0. The molecule has 0 bridgehead atoms. The number of aliphatic imine (C=N–C) groups is 1. The summed E-state index contributed by atoms with van der Waals surface area (Å²) in [7, 11) is 1.67. The van der Waals surface area contributed by atoms with Gasteiger partial charge in [0.05, 0.1) is 5.54 Å². The minimum atomic E-state index is -0.557. The number of benzene rings is 1. The number of hydrogen-bond donors (Lipinski definition) is 3. The summed E-state index contributed by atoms with van der Waals surface area (Å²) in [4.78, 5) is 20.5. The second-order valence-corrected chi connectivity index (χ2v) is 8.85. The Morgan fingerprint density at radius 2 is 1.75 bits per heavy atom. The molecule has 32 heavy (non-hydrogen) atoms. The molecule has 0 fully saturated rings. The molecule has 0 atom stereocenters. The summed E-state index contributed by atoms with van der Waals surface area (Å²) in [5, 5.41) is 9.23. The van der Waals surface area contributed by atoms with E-state index in [1.165, 1.54) is 12.1 Å². The first-order valence-corrected chi connectivity index (χ1v) is 10.3. The van der Waals surface area contributed by atoms with Crippen LogP contribution in [-0.2, 0) is 11.3 Å². The Morgan fingerprint density at radius 1 is 1.06 bits per heavy atom. The number of nitrogens with zero attached hydrogens (tertiary/aromatic N) is 2. The largest absolute Gasteiger partial charge is 0.444 e. The maximum Gasteiger partial charge on any atom is 0.408 e. The van der Waals surface area contributed by atoms with Gasteiger partial charge in [0.2, 0.25) is 5.88 Å². The number of rotatable bonds is 7. The second kappa shape index (κ2) is 10.8. The molecule has 1 aromatic carbocycles. The van der Waals surface area contributed by atoms with Crippen LogP contribution in [-0.4, -0.2) is 41.8 Å². The molecule has 2 aromatic rings. The van der Waals surface area contributed by atoms with Crippen molar-refractivity contribution < 1.29 is 18.7 Å². The molecule has 0 saturated heterocycles. The van der Waals surface area contributed by atoms with E-state index < -0.39 is 17.2 Å². The number of alkyl carbamates (subject to hydrolysis) is 1. The fourth-order valence-corrected chi connectivity index (χ4v) is 2.53. The third-order valence-electron chi connectivity index (χ3n) is 4.05. The number of nitrogens with one attached hydrogen (secondary N) is 3. The molecule has 3 N–H and O–H groups in total. The molecule has 2 rings (SSSR count). The van der Waals surface area contributed by atoms with Crippen LogP contribution < -0.4 is 20.7 Å². The molecule has 0 saturated carbocycles. The van der Waals surface area contributed by atoms with E-state index in [2.05, 4.69) is 25.9 Å². The zero-order valence-corrected chi connectivity index (χ0v) is 19.5. The average Bonchev–Trinajstić information content (AvgIpc) is 2.69. The lowest BCUT2D eigenvalue weighted by Gasteiger charge is -2.29. The summed E-state index contributed by atoms with van der Waals surface area (Å²) in [6.07, 6.45) is 1.22. The molecule has 8 nitrogen and oxygen atoms in total. The number of carbonyl (C=O) groups excluding carboxylic acids is 1. The van der Waals surface area contributed by atoms with Gasteiger partial charge in [-0.25, -0.2) is 14.2 Å². The normalized spacial score (nSPS) is 12.2. The van der Waals surface area contributed by atoms with Crippen molar-refractivity contribution in [2.45, 2.75) is 52.3 Å². The highest BCUT2D eigenvalue weighted by atomic mass is 19.1. The van der Waals surface area contributed by atoms with E-state index in [1.54, 1.807) is 31.4 Å². The van der Waals surface area contributed by atoms with E-state index in [9.17, 15) is 9.18 Å². The van der Waals surface area contributed by atoms with Crippen molar-refractivity contribution in [3.63, 3.8) is 0 Å². The van der Waals surface area contributed by atoms with Gasteiger partial charge in [-0.3, -0.25) is 4.99 Å². The zero-order valence-electron chi connectivity index (χ0n) is 19.5. The van der Waals surface area contributed by atoms with Crippen LogP contribution in [0.3, 0.4) is 0 Å². The molecule has 0 aliphatic heterocycles. The molecule has 0 spiro atoms. The first-order valence-electron chi connectivity index (χ1n) is 10.3. The smallest absolute Gasteiger partial charge is 0.408 e. The lowest BCUT2D eigenvalue weighted by Crippen LogP contribution is -2.54. The number of hydrogen-bond acceptors (Lipinski definition) is 5. The standard InChI is InChI=1S/C23H32FN5O3/c1-22(2,3)32-21(30)29-23(4,5)15-28-20(25-6)27-14-16-7-12-19(26-13-16)31-18-10-8-17(24)9-11-18/h7-13H,14-15H2,1-6H3,(H,29,30)(H2,25,27,28). The molecule has 1 heterocycles. The molecule has 1 aromatic heterocycles. The minimum absolute atomic E-state index is 0.322. The van der Waals surface area contributed by atoms with Gasteiger partial charge in [0.25, 0.3) is 0 Å². The Labute approximate surface area is 188 Å². The quantitative estimate of drug-likeness (QED) is 0.441. The predicted octanol–water partition coefficient (Wildman–Crippen LogP) is 3.98. The molecule has 0 aliphatic carbocycles. The fraction of sp³-hybridized carbons (Fsp3) is 0.435. The van der Waals surface area contributed by atoms with Crippen LogP contribution in [0.2, 0.25) is 0 Å². The Balaban J connectivity index is 1.81. The molecule has 0 radical (unpaired) electrons. The topological polar surface area (TPSA) is 96.9 Å². The lowest BCUT2D eigenvalue weighted by atomic mass is 10.1. The summed E-state index contributed by atoms with van der Waals surface area (Å²) in [5.41, 5.74) is -0.190. The summed E-state index contributed by atoms with van der Waals surface area (Å²) in [6.45, 7) is 10.2. The Kier molecular flexibility index (Phi) is 8.40. The molecule has 9 heteroatoms. The Morgan fingerprint density at radius 3 is 2.31 bits per heavy atom. The van der Waals surface area contributed by atoms with E-state index in [-0.39, 0.29) is 5.82 Å². The number of halogens is 1. The summed E-state index contributed by atoms with van der Waals surface area (Å²) in [5.74, 6) is 1.18. The molecule has 174 valence electrons. The highest BCUT2D eigenvalue weighted by Gasteiger charge is 2.24. The van der Waals surface area contributed by atoms with Crippen molar-refractivity contribution in [3.05, 3.63) is 54.0 Å². The van der Waals surface area contributed by atoms with E-state index in [0.717, 1.165) is 5.56 Å². The van der Waals surface area contributed by atoms with Crippen molar-refractivity contribution >= 4 is 12.1 Å². The minimum Gasteiger partial charge on any atom is -0.444 e. The Bertz CT molecular complexity index is 907. The van der Waals surface area contributed by atoms with Crippen molar-refractivity contribution in [2.75, 3.05) is 13.6 Å². The van der Waals surface area contributed by atoms with Gasteiger partial charge in [0.15, 0.2) is 5.96 Å². The van der Waals surface area contributed by atoms with Crippen molar-refractivity contribution in [1.82, 2.24) is 20.9 Å². The number of guanidine groups is 1. The van der Waals surface area contributed by atoms with Crippen LogP contribution in [0.25, 0.3) is 0 Å². The fourth-order valence-electron chi connectivity index (χ4n) is 2.53. The maximum atomic E-state index is 13.0. The van der Waals surface area contributed by atoms with Gasteiger partial charge in [-0.15, -0.1) is 0 Å². The van der Waals surface area contributed by atoms with Gasteiger partial charge in [-0.2, -0.15) is 0 Å². The van der Waals surface area contributed by atoms with Crippen LogP contribution in [0.1, 0.15) is 40.2 Å². The molecular weight excluding hydrogens is 413 g/mol. The van der Waals surface area contributed by atoms with Gasteiger partial charge in [-0.05, 0) is 64.4 Å².